The highest BCUT2D eigenvalue weighted by molar-refractivity contribution is 9.10. The van der Waals surface area contributed by atoms with Crippen molar-refractivity contribution in [1.82, 2.24) is 14.8 Å². The molecule has 3 heterocycles. The van der Waals surface area contributed by atoms with E-state index in [0.717, 1.165) is 25.3 Å². The van der Waals surface area contributed by atoms with Gasteiger partial charge in [0.15, 0.2) is 0 Å². The van der Waals surface area contributed by atoms with Crippen LogP contribution in [-0.2, 0) is 22.7 Å². The van der Waals surface area contributed by atoms with Gasteiger partial charge in [-0.05, 0) is 46.6 Å². The van der Waals surface area contributed by atoms with Crippen molar-refractivity contribution in [3.63, 3.8) is 0 Å². The van der Waals surface area contributed by atoms with Gasteiger partial charge in [0.2, 0.25) is 0 Å². The normalized spacial score (nSPS) is 15.4. The third-order valence-corrected chi connectivity index (χ3v) is 4.77. The van der Waals surface area contributed by atoms with E-state index in [1.165, 1.54) is 6.92 Å². The van der Waals surface area contributed by atoms with Crippen LogP contribution < -0.4 is 0 Å². The largest absolute Gasteiger partial charge is 0.461 e. The van der Waals surface area contributed by atoms with E-state index in [2.05, 4.69) is 25.8 Å². The lowest BCUT2D eigenvalue weighted by Gasteiger charge is -2.21. The van der Waals surface area contributed by atoms with Gasteiger partial charge in [-0.3, -0.25) is 14.5 Å². The lowest BCUT2D eigenvalue weighted by Crippen LogP contribution is -2.35. The monoisotopic (exact) mass is 435 g/mol. The van der Waals surface area contributed by atoms with Gasteiger partial charge in [-0.25, -0.2) is 4.98 Å². The molecule has 0 aromatic carbocycles. The summed E-state index contributed by atoms with van der Waals surface area (Å²) in [5.74, 6) is 1.09. The summed E-state index contributed by atoms with van der Waals surface area (Å²) >= 11 is 3.31. The maximum Gasteiger partial charge on any atom is 0.303 e. The molecular formula is C19H22BrN3O4. The first-order valence-corrected chi connectivity index (χ1v) is 9.66. The molecule has 0 radical (unpaired) electrons. The number of pyridine rings is 1. The number of hydrogen-bond acceptors (Lipinski definition) is 6. The highest BCUT2D eigenvalue weighted by Gasteiger charge is 2.22. The van der Waals surface area contributed by atoms with Crippen LogP contribution in [0.2, 0.25) is 0 Å². The molecule has 0 N–H and O–H groups in total. The van der Waals surface area contributed by atoms with Crippen molar-refractivity contribution < 1.29 is 18.7 Å². The summed E-state index contributed by atoms with van der Waals surface area (Å²) in [6.07, 6.45) is 0.890. The molecule has 8 heteroatoms. The van der Waals surface area contributed by atoms with Crippen molar-refractivity contribution in [3.05, 3.63) is 52.1 Å². The van der Waals surface area contributed by atoms with Crippen LogP contribution in [0, 0.1) is 0 Å². The molecule has 2 aromatic rings. The molecule has 7 nitrogen and oxygen atoms in total. The first kappa shape index (κ1) is 19.6. The Morgan fingerprint density at radius 3 is 2.74 bits per heavy atom. The van der Waals surface area contributed by atoms with E-state index in [1.807, 2.05) is 23.1 Å². The van der Waals surface area contributed by atoms with E-state index in [-0.39, 0.29) is 18.5 Å². The van der Waals surface area contributed by atoms with Crippen molar-refractivity contribution >= 4 is 27.8 Å². The zero-order valence-electron chi connectivity index (χ0n) is 15.2. The number of carbonyl (C=O) groups is 2. The number of amides is 1. The van der Waals surface area contributed by atoms with Crippen molar-refractivity contribution in [2.24, 2.45) is 0 Å². The van der Waals surface area contributed by atoms with Crippen LogP contribution in [0.3, 0.4) is 0 Å². The molecule has 0 bridgehead atoms. The van der Waals surface area contributed by atoms with Gasteiger partial charge in [-0.2, -0.15) is 0 Å². The Balaban J connectivity index is 1.54. The molecule has 2 aromatic heterocycles. The molecule has 1 aliphatic heterocycles. The quantitative estimate of drug-likeness (QED) is 0.530. The molecule has 0 atom stereocenters. The summed E-state index contributed by atoms with van der Waals surface area (Å²) in [7, 11) is 0. The van der Waals surface area contributed by atoms with Crippen molar-refractivity contribution in [2.45, 2.75) is 26.5 Å². The number of esters is 1. The summed E-state index contributed by atoms with van der Waals surface area (Å²) in [5.41, 5.74) is 0.457. The Hall–Kier alpha value is -2.19. The van der Waals surface area contributed by atoms with Crippen LogP contribution in [0.1, 0.15) is 35.4 Å². The first-order valence-electron chi connectivity index (χ1n) is 8.86. The minimum Gasteiger partial charge on any atom is -0.461 e. The molecule has 1 fully saturated rings. The van der Waals surface area contributed by atoms with Gasteiger partial charge >= 0.3 is 5.97 Å². The molecule has 0 spiro atoms. The van der Waals surface area contributed by atoms with Crippen LogP contribution in [0.15, 0.2) is 39.4 Å². The van der Waals surface area contributed by atoms with Crippen LogP contribution in [-0.4, -0.2) is 52.8 Å². The molecule has 0 unspecified atom stereocenters. The van der Waals surface area contributed by atoms with Crippen molar-refractivity contribution in [1.29, 1.82) is 0 Å². The number of ether oxygens (including phenoxy) is 1. The van der Waals surface area contributed by atoms with Gasteiger partial charge in [-0.1, -0.05) is 6.07 Å². The maximum atomic E-state index is 12.7. The SMILES string of the molecule is CC(=O)OCc1ccc(CN2CCCN(C(=O)c3cccc(Br)n3)CC2)o1. The second-order valence-corrected chi connectivity index (χ2v) is 7.23. The minimum absolute atomic E-state index is 0.0418. The fourth-order valence-corrected chi connectivity index (χ4v) is 3.34. The standard InChI is InChI=1S/C19H22BrN3O4/c1-14(24)26-13-16-7-6-15(27-16)12-22-8-3-9-23(11-10-22)19(25)17-4-2-5-18(20)21-17/h2,4-7H,3,8-13H2,1H3. The van der Waals surface area contributed by atoms with Crippen LogP contribution in [0.4, 0.5) is 0 Å². The Kier molecular flexibility index (Phi) is 6.63. The van der Waals surface area contributed by atoms with Gasteiger partial charge in [0.1, 0.15) is 28.4 Å². The Labute approximate surface area is 166 Å². The molecule has 3 rings (SSSR count). The Morgan fingerprint density at radius 2 is 1.96 bits per heavy atom. The van der Waals surface area contributed by atoms with Gasteiger partial charge in [0.25, 0.3) is 5.91 Å². The van der Waals surface area contributed by atoms with Gasteiger partial charge in [-0.15, -0.1) is 0 Å². The van der Waals surface area contributed by atoms with E-state index in [9.17, 15) is 9.59 Å². The van der Waals surface area contributed by atoms with Crippen LogP contribution >= 0.6 is 15.9 Å². The minimum atomic E-state index is -0.329. The molecule has 1 saturated heterocycles. The highest BCUT2D eigenvalue weighted by atomic mass is 79.9. The molecule has 0 aliphatic carbocycles. The molecule has 1 amide bonds. The zero-order chi connectivity index (χ0) is 19.2. The second-order valence-electron chi connectivity index (χ2n) is 6.42. The number of furan rings is 1. The first-order chi connectivity index (χ1) is 13.0. The number of nitrogens with zero attached hydrogens (tertiary/aromatic N) is 3. The predicted octanol–water partition coefficient (Wildman–Crippen LogP) is 2.85. The van der Waals surface area contributed by atoms with E-state index < -0.39 is 0 Å². The van der Waals surface area contributed by atoms with Crippen LogP contribution in [0.5, 0.6) is 0 Å². The van der Waals surface area contributed by atoms with Crippen molar-refractivity contribution in [2.75, 3.05) is 26.2 Å². The molecule has 144 valence electrons. The average Bonchev–Trinajstić information content (AvgIpc) is 2.96. The smallest absolute Gasteiger partial charge is 0.303 e. The fourth-order valence-electron chi connectivity index (χ4n) is 3.00. The number of carbonyl (C=O) groups excluding carboxylic acids is 2. The molecular weight excluding hydrogens is 414 g/mol. The molecule has 1 aliphatic rings. The summed E-state index contributed by atoms with van der Waals surface area (Å²) in [6.45, 7) is 5.19. The number of rotatable bonds is 5. The average molecular weight is 436 g/mol. The Morgan fingerprint density at radius 1 is 1.15 bits per heavy atom. The maximum absolute atomic E-state index is 12.7. The van der Waals surface area contributed by atoms with E-state index >= 15 is 0 Å². The number of aromatic nitrogens is 1. The van der Waals surface area contributed by atoms with E-state index in [0.29, 0.717) is 35.7 Å². The highest BCUT2D eigenvalue weighted by Crippen LogP contribution is 2.15. The lowest BCUT2D eigenvalue weighted by molar-refractivity contribution is -0.142. The lowest BCUT2D eigenvalue weighted by atomic mass is 10.3. The topological polar surface area (TPSA) is 75.9 Å². The number of halogens is 1. The second kappa shape index (κ2) is 9.14. The third kappa shape index (κ3) is 5.64. The zero-order valence-corrected chi connectivity index (χ0v) is 16.8. The molecule has 27 heavy (non-hydrogen) atoms. The van der Waals surface area contributed by atoms with Crippen LogP contribution in [0.25, 0.3) is 0 Å². The fraction of sp³-hybridized carbons (Fsp3) is 0.421. The predicted molar refractivity (Wildman–Crippen MR) is 102 cm³/mol. The summed E-state index contributed by atoms with van der Waals surface area (Å²) < 4.78 is 11.3. The van der Waals surface area contributed by atoms with E-state index in [4.69, 9.17) is 9.15 Å². The van der Waals surface area contributed by atoms with Crippen molar-refractivity contribution in [3.8, 4) is 0 Å². The third-order valence-electron chi connectivity index (χ3n) is 4.32. The summed E-state index contributed by atoms with van der Waals surface area (Å²) in [5, 5.41) is 0. The van der Waals surface area contributed by atoms with Gasteiger partial charge in [0, 0.05) is 33.1 Å². The van der Waals surface area contributed by atoms with Gasteiger partial charge in [0.05, 0.1) is 6.54 Å². The van der Waals surface area contributed by atoms with E-state index in [1.54, 1.807) is 12.1 Å². The molecule has 0 saturated carbocycles. The van der Waals surface area contributed by atoms with Gasteiger partial charge < -0.3 is 14.1 Å². The number of hydrogen-bond donors (Lipinski definition) is 0. The summed E-state index contributed by atoms with van der Waals surface area (Å²) in [6, 6.07) is 9.09. The summed E-state index contributed by atoms with van der Waals surface area (Å²) in [4.78, 5) is 31.9. The Bertz CT molecular complexity index is 808.